The van der Waals surface area contributed by atoms with E-state index in [4.69, 9.17) is 9.47 Å². The highest BCUT2D eigenvalue weighted by Gasteiger charge is 2.06. The van der Waals surface area contributed by atoms with Gasteiger partial charge >= 0.3 is 5.97 Å². The highest BCUT2D eigenvalue weighted by molar-refractivity contribution is 5.79. The Balaban J connectivity index is 2.38. The number of benzene rings is 1. The Morgan fingerprint density at radius 1 is 1.11 bits per heavy atom. The number of carbonyl (C=O) groups is 1. The number of carbonyl (C=O) groups excluding carboxylic acids is 1. The van der Waals surface area contributed by atoms with Gasteiger partial charge in [0.2, 0.25) is 0 Å². The molecule has 0 bridgehead atoms. The Labute approximate surface area is 162 Å². The van der Waals surface area contributed by atoms with Crippen molar-refractivity contribution in [3.63, 3.8) is 0 Å². The molecule has 0 amide bonds. The van der Waals surface area contributed by atoms with Crippen LogP contribution in [0, 0.1) is 6.92 Å². The third-order valence-corrected chi connectivity index (χ3v) is 4.02. The standard InChI is InChI=1S/C20H33N3O4/c1-16-9-10-17(18(14-16)27-13-12-25-3)15-23-20(21-2)22-11-7-5-6-8-19(24)26-4/h9-10,14H,5-8,11-13,15H2,1-4H3,(H2,21,22,23). The van der Waals surface area contributed by atoms with Gasteiger partial charge in [-0.1, -0.05) is 18.6 Å². The van der Waals surface area contributed by atoms with Crippen molar-refractivity contribution in [3.8, 4) is 5.75 Å². The molecule has 27 heavy (non-hydrogen) atoms. The van der Waals surface area contributed by atoms with Crippen LogP contribution in [0.5, 0.6) is 5.75 Å². The third-order valence-electron chi connectivity index (χ3n) is 4.02. The lowest BCUT2D eigenvalue weighted by atomic mass is 10.1. The predicted molar refractivity (Wildman–Crippen MR) is 107 cm³/mol. The summed E-state index contributed by atoms with van der Waals surface area (Å²) in [6.07, 6.45) is 3.25. The quantitative estimate of drug-likeness (QED) is 0.251. The number of nitrogens with zero attached hydrogens (tertiary/aromatic N) is 1. The molecule has 152 valence electrons. The number of rotatable bonds is 12. The summed E-state index contributed by atoms with van der Waals surface area (Å²) >= 11 is 0. The highest BCUT2D eigenvalue weighted by Crippen LogP contribution is 2.20. The summed E-state index contributed by atoms with van der Waals surface area (Å²) in [4.78, 5) is 15.3. The molecule has 0 aliphatic heterocycles. The van der Waals surface area contributed by atoms with Gasteiger partial charge in [0.05, 0.1) is 13.7 Å². The molecular weight excluding hydrogens is 346 g/mol. The maximum atomic E-state index is 11.1. The van der Waals surface area contributed by atoms with Gasteiger partial charge in [-0.3, -0.25) is 9.79 Å². The van der Waals surface area contributed by atoms with E-state index in [1.165, 1.54) is 7.11 Å². The van der Waals surface area contributed by atoms with E-state index in [9.17, 15) is 4.79 Å². The van der Waals surface area contributed by atoms with E-state index in [-0.39, 0.29) is 5.97 Å². The summed E-state index contributed by atoms with van der Waals surface area (Å²) in [6.45, 7) is 4.53. The Bertz CT molecular complexity index is 591. The number of hydrogen-bond acceptors (Lipinski definition) is 5. The van der Waals surface area contributed by atoms with Crippen molar-refractivity contribution in [2.24, 2.45) is 4.99 Å². The van der Waals surface area contributed by atoms with Gasteiger partial charge in [-0.05, 0) is 31.4 Å². The zero-order chi connectivity index (χ0) is 19.9. The van der Waals surface area contributed by atoms with Gasteiger partial charge in [0.1, 0.15) is 12.4 Å². The molecule has 1 rings (SSSR count). The smallest absolute Gasteiger partial charge is 0.305 e. The molecule has 1 aromatic carbocycles. The lowest BCUT2D eigenvalue weighted by Gasteiger charge is -2.15. The molecule has 0 aliphatic carbocycles. The zero-order valence-corrected chi connectivity index (χ0v) is 17.0. The fourth-order valence-corrected chi connectivity index (χ4v) is 2.46. The minimum Gasteiger partial charge on any atom is -0.491 e. The van der Waals surface area contributed by atoms with Gasteiger partial charge in [0.25, 0.3) is 0 Å². The highest BCUT2D eigenvalue weighted by atomic mass is 16.5. The number of unbranched alkanes of at least 4 members (excludes halogenated alkanes) is 2. The van der Waals surface area contributed by atoms with Crippen molar-refractivity contribution in [2.75, 3.05) is 41.0 Å². The molecule has 0 unspecified atom stereocenters. The maximum absolute atomic E-state index is 11.1. The monoisotopic (exact) mass is 379 g/mol. The molecule has 0 fully saturated rings. The summed E-state index contributed by atoms with van der Waals surface area (Å²) in [7, 11) is 4.83. The van der Waals surface area contributed by atoms with Crippen LogP contribution >= 0.6 is 0 Å². The fraction of sp³-hybridized carbons (Fsp3) is 0.600. The first-order chi connectivity index (χ1) is 13.1. The van der Waals surface area contributed by atoms with Crippen LogP contribution in [0.25, 0.3) is 0 Å². The van der Waals surface area contributed by atoms with Crippen LogP contribution in [0.4, 0.5) is 0 Å². The summed E-state index contributed by atoms with van der Waals surface area (Å²) in [5, 5.41) is 6.59. The van der Waals surface area contributed by atoms with Gasteiger partial charge in [-0.2, -0.15) is 0 Å². The number of guanidine groups is 1. The number of ether oxygens (including phenoxy) is 3. The molecule has 0 heterocycles. The normalized spacial score (nSPS) is 11.2. The van der Waals surface area contributed by atoms with Crippen molar-refractivity contribution < 1.29 is 19.0 Å². The molecule has 0 aliphatic rings. The van der Waals surface area contributed by atoms with E-state index in [0.717, 1.165) is 48.6 Å². The van der Waals surface area contributed by atoms with Crippen molar-refractivity contribution >= 4 is 11.9 Å². The average Bonchev–Trinajstić information content (AvgIpc) is 2.67. The van der Waals surface area contributed by atoms with E-state index in [0.29, 0.717) is 26.2 Å². The molecule has 0 saturated carbocycles. The second kappa shape index (κ2) is 13.9. The number of hydrogen-bond donors (Lipinski definition) is 2. The van der Waals surface area contributed by atoms with Crippen LogP contribution in [0.1, 0.15) is 36.8 Å². The molecule has 7 nitrogen and oxygen atoms in total. The SMILES string of the molecule is CN=C(NCCCCCC(=O)OC)NCc1ccc(C)cc1OCCOC. The summed E-state index contributed by atoms with van der Waals surface area (Å²) in [5.41, 5.74) is 2.22. The van der Waals surface area contributed by atoms with E-state index in [2.05, 4.69) is 32.5 Å². The van der Waals surface area contributed by atoms with E-state index in [1.54, 1.807) is 14.2 Å². The number of methoxy groups -OCH3 is 2. The minimum absolute atomic E-state index is 0.151. The van der Waals surface area contributed by atoms with Crippen LogP contribution in [0.3, 0.4) is 0 Å². The van der Waals surface area contributed by atoms with Gasteiger partial charge in [-0.25, -0.2) is 0 Å². The number of aryl methyl sites for hydroxylation is 1. The second-order valence-electron chi connectivity index (χ2n) is 6.19. The maximum Gasteiger partial charge on any atom is 0.305 e. The van der Waals surface area contributed by atoms with Crippen molar-refractivity contribution in [3.05, 3.63) is 29.3 Å². The van der Waals surface area contributed by atoms with Crippen LogP contribution < -0.4 is 15.4 Å². The Hall–Kier alpha value is -2.28. The van der Waals surface area contributed by atoms with E-state index in [1.807, 2.05) is 13.0 Å². The van der Waals surface area contributed by atoms with Crippen LogP contribution in [-0.2, 0) is 20.8 Å². The molecule has 0 aromatic heterocycles. The van der Waals surface area contributed by atoms with Crippen LogP contribution in [-0.4, -0.2) is 53.0 Å². The molecule has 7 heteroatoms. The van der Waals surface area contributed by atoms with Crippen molar-refractivity contribution in [1.29, 1.82) is 0 Å². The van der Waals surface area contributed by atoms with Gasteiger partial charge in [0, 0.05) is 39.2 Å². The van der Waals surface area contributed by atoms with E-state index >= 15 is 0 Å². The zero-order valence-electron chi connectivity index (χ0n) is 17.0. The first-order valence-corrected chi connectivity index (χ1v) is 9.33. The van der Waals surface area contributed by atoms with E-state index < -0.39 is 0 Å². The summed E-state index contributed by atoms with van der Waals surface area (Å²) in [6, 6.07) is 6.16. The van der Waals surface area contributed by atoms with Crippen molar-refractivity contribution in [2.45, 2.75) is 39.2 Å². The number of esters is 1. The molecule has 0 spiro atoms. The summed E-state index contributed by atoms with van der Waals surface area (Å²) < 4.78 is 15.5. The first kappa shape index (κ1) is 22.8. The Kier molecular flexibility index (Phi) is 11.7. The number of nitrogens with one attached hydrogen (secondary N) is 2. The van der Waals surface area contributed by atoms with Crippen LogP contribution in [0.15, 0.2) is 23.2 Å². The lowest BCUT2D eigenvalue weighted by Crippen LogP contribution is -2.37. The fourth-order valence-electron chi connectivity index (χ4n) is 2.46. The third kappa shape index (κ3) is 9.84. The van der Waals surface area contributed by atoms with Gasteiger partial charge < -0.3 is 24.8 Å². The van der Waals surface area contributed by atoms with Crippen molar-refractivity contribution in [1.82, 2.24) is 10.6 Å². The van der Waals surface area contributed by atoms with Gasteiger partial charge in [-0.15, -0.1) is 0 Å². The average molecular weight is 380 g/mol. The molecule has 0 saturated heterocycles. The Morgan fingerprint density at radius 2 is 1.93 bits per heavy atom. The Morgan fingerprint density at radius 3 is 2.63 bits per heavy atom. The molecule has 2 N–H and O–H groups in total. The molecule has 1 aromatic rings. The predicted octanol–water partition coefficient (Wildman–Crippen LogP) is 2.42. The minimum atomic E-state index is -0.151. The first-order valence-electron chi connectivity index (χ1n) is 9.33. The lowest BCUT2D eigenvalue weighted by molar-refractivity contribution is -0.140. The largest absolute Gasteiger partial charge is 0.491 e. The molecular formula is C20H33N3O4. The van der Waals surface area contributed by atoms with Gasteiger partial charge in [0.15, 0.2) is 5.96 Å². The second-order valence-corrected chi connectivity index (χ2v) is 6.19. The molecule has 0 atom stereocenters. The molecule has 0 radical (unpaired) electrons. The summed E-state index contributed by atoms with van der Waals surface area (Å²) in [5.74, 6) is 1.45. The van der Waals surface area contributed by atoms with Crippen LogP contribution in [0.2, 0.25) is 0 Å². The topological polar surface area (TPSA) is 81.2 Å². The number of aliphatic imine (C=N–C) groups is 1.